The van der Waals surface area contributed by atoms with Crippen LogP contribution >= 0.6 is 11.5 Å². The highest BCUT2D eigenvalue weighted by atomic mass is 32.1. The molecule has 1 aliphatic carbocycles. The number of nitrogens with zero attached hydrogens (tertiary/aromatic N) is 1. The van der Waals surface area contributed by atoms with E-state index in [1.807, 2.05) is 0 Å². The molecule has 3 rings (SSSR count). The van der Waals surface area contributed by atoms with E-state index in [0.717, 1.165) is 31.2 Å². The first kappa shape index (κ1) is 13.2. The van der Waals surface area contributed by atoms with E-state index in [0.29, 0.717) is 5.56 Å². The average molecular weight is 290 g/mol. The van der Waals surface area contributed by atoms with Gasteiger partial charge in [0.2, 0.25) is 0 Å². The van der Waals surface area contributed by atoms with Gasteiger partial charge in [-0.25, -0.2) is 8.76 Å². The van der Waals surface area contributed by atoms with E-state index in [9.17, 15) is 9.18 Å². The van der Waals surface area contributed by atoms with Crippen LogP contribution in [0.5, 0.6) is 0 Å². The Hall–Kier alpha value is -1.75. The summed E-state index contributed by atoms with van der Waals surface area (Å²) in [6.45, 7) is 0. The molecule has 0 radical (unpaired) electrons. The Labute approximate surface area is 121 Å². The van der Waals surface area contributed by atoms with Crippen LogP contribution in [0, 0.1) is 5.82 Å². The minimum Gasteiger partial charge on any atom is -0.342 e. The number of amides is 1. The van der Waals surface area contributed by atoms with Gasteiger partial charge in [0.25, 0.3) is 5.91 Å². The first-order valence-electron chi connectivity index (χ1n) is 6.68. The molecule has 1 aromatic heterocycles. The van der Waals surface area contributed by atoms with Crippen molar-refractivity contribution >= 4 is 17.4 Å². The molecule has 0 spiro atoms. The molecule has 0 saturated heterocycles. The van der Waals surface area contributed by atoms with Crippen molar-refractivity contribution in [3.63, 3.8) is 0 Å². The smallest absolute Gasteiger partial charge is 0.254 e. The fourth-order valence-corrected chi connectivity index (χ4v) is 3.36. The standard InChI is InChI=1S/C15H15FN2OS/c16-13-5-3-12(4-6-13)15(7-1-2-8-15)18-14(19)11-9-17-20-10-11/h3-6,9-10H,1-2,7-8H2,(H,18,19). The Bertz CT molecular complexity index is 589. The van der Waals surface area contributed by atoms with Crippen molar-refractivity contribution in [1.82, 2.24) is 9.69 Å². The third-order valence-corrected chi connectivity index (χ3v) is 4.49. The van der Waals surface area contributed by atoms with E-state index >= 15 is 0 Å². The van der Waals surface area contributed by atoms with Crippen LogP contribution in [0.1, 0.15) is 41.6 Å². The van der Waals surface area contributed by atoms with Crippen molar-refractivity contribution in [3.05, 3.63) is 52.8 Å². The molecule has 0 atom stereocenters. The molecule has 20 heavy (non-hydrogen) atoms. The van der Waals surface area contributed by atoms with Gasteiger partial charge >= 0.3 is 0 Å². The van der Waals surface area contributed by atoms with Gasteiger partial charge in [0, 0.05) is 5.38 Å². The predicted octanol–water partition coefficient (Wildman–Crippen LogP) is 3.48. The normalized spacial score (nSPS) is 17.1. The number of benzene rings is 1. The number of carbonyl (C=O) groups is 1. The van der Waals surface area contributed by atoms with Crippen molar-refractivity contribution < 1.29 is 9.18 Å². The summed E-state index contributed by atoms with van der Waals surface area (Å²) in [5.41, 5.74) is 1.20. The molecule has 3 nitrogen and oxygen atoms in total. The van der Waals surface area contributed by atoms with E-state index in [-0.39, 0.29) is 17.3 Å². The topological polar surface area (TPSA) is 42.0 Å². The van der Waals surface area contributed by atoms with Gasteiger partial charge in [0.15, 0.2) is 0 Å². The summed E-state index contributed by atoms with van der Waals surface area (Å²) in [7, 11) is 0. The summed E-state index contributed by atoms with van der Waals surface area (Å²) < 4.78 is 17.0. The lowest BCUT2D eigenvalue weighted by atomic mass is 9.88. The highest BCUT2D eigenvalue weighted by molar-refractivity contribution is 7.03. The Balaban J connectivity index is 1.88. The van der Waals surface area contributed by atoms with Crippen molar-refractivity contribution in [2.45, 2.75) is 31.2 Å². The van der Waals surface area contributed by atoms with Crippen LogP contribution in [0.25, 0.3) is 0 Å². The van der Waals surface area contributed by atoms with E-state index in [2.05, 4.69) is 9.69 Å². The van der Waals surface area contributed by atoms with Gasteiger partial charge in [-0.2, -0.15) is 0 Å². The summed E-state index contributed by atoms with van der Waals surface area (Å²) in [5, 5.41) is 4.87. The minimum absolute atomic E-state index is 0.107. The first-order chi connectivity index (χ1) is 9.70. The van der Waals surface area contributed by atoms with Gasteiger partial charge in [-0.15, -0.1) is 0 Å². The first-order valence-corrected chi connectivity index (χ1v) is 7.51. The van der Waals surface area contributed by atoms with Gasteiger partial charge in [-0.05, 0) is 42.1 Å². The molecule has 5 heteroatoms. The molecule has 1 fully saturated rings. The number of carbonyl (C=O) groups excluding carboxylic acids is 1. The molecular formula is C15H15FN2OS. The van der Waals surface area contributed by atoms with E-state index < -0.39 is 0 Å². The Morgan fingerprint density at radius 3 is 2.55 bits per heavy atom. The van der Waals surface area contributed by atoms with Gasteiger partial charge in [0.1, 0.15) is 5.82 Å². The maximum absolute atomic E-state index is 13.1. The SMILES string of the molecule is O=C(NC1(c2ccc(F)cc2)CCCC1)c1cnsc1. The maximum Gasteiger partial charge on any atom is 0.254 e. The number of halogens is 1. The van der Waals surface area contributed by atoms with Crippen LogP contribution in [0.15, 0.2) is 35.8 Å². The van der Waals surface area contributed by atoms with E-state index in [1.165, 1.54) is 23.7 Å². The number of nitrogens with one attached hydrogen (secondary N) is 1. The monoisotopic (exact) mass is 290 g/mol. The van der Waals surface area contributed by atoms with Gasteiger partial charge in [-0.1, -0.05) is 25.0 Å². The van der Waals surface area contributed by atoms with Crippen molar-refractivity contribution in [2.75, 3.05) is 0 Å². The number of rotatable bonds is 3. The molecule has 104 valence electrons. The molecule has 0 unspecified atom stereocenters. The van der Waals surface area contributed by atoms with E-state index in [1.54, 1.807) is 23.7 Å². The summed E-state index contributed by atoms with van der Waals surface area (Å²) in [6, 6.07) is 6.45. The summed E-state index contributed by atoms with van der Waals surface area (Å²) in [6.07, 6.45) is 5.50. The molecule has 1 aromatic carbocycles. The summed E-state index contributed by atoms with van der Waals surface area (Å²) >= 11 is 1.26. The third-order valence-electron chi connectivity index (χ3n) is 3.90. The second kappa shape index (κ2) is 5.32. The molecule has 1 amide bonds. The lowest BCUT2D eigenvalue weighted by Crippen LogP contribution is -2.43. The fourth-order valence-electron chi connectivity index (χ4n) is 2.84. The van der Waals surface area contributed by atoms with Gasteiger partial charge in [0.05, 0.1) is 17.3 Å². The van der Waals surface area contributed by atoms with Crippen LogP contribution < -0.4 is 5.32 Å². The lowest BCUT2D eigenvalue weighted by Gasteiger charge is -2.31. The zero-order chi connectivity index (χ0) is 14.0. The van der Waals surface area contributed by atoms with Crippen LogP contribution in [-0.2, 0) is 5.54 Å². The Kier molecular flexibility index (Phi) is 3.53. The van der Waals surface area contributed by atoms with Crippen molar-refractivity contribution in [1.29, 1.82) is 0 Å². The van der Waals surface area contributed by atoms with Crippen molar-refractivity contribution in [3.8, 4) is 0 Å². The molecule has 1 N–H and O–H groups in total. The zero-order valence-electron chi connectivity index (χ0n) is 10.9. The van der Waals surface area contributed by atoms with Crippen LogP contribution in [0.2, 0.25) is 0 Å². The van der Waals surface area contributed by atoms with Crippen LogP contribution in [-0.4, -0.2) is 10.3 Å². The molecular weight excluding hydrogens is 275 g/mol. The number of aromatic nitrogens is 1. The molecule has 1 heterocycles. The lowest BCUT2D eigenvalue weighted by molar-refractivity contribution is 0.0898. The second-order valence-corrected chi connectivity index (χ2v) is 5.82. The predicted molar refractivity (Wildman–Crippen MR) is 76.1 cm³/mol. The van der Waals surface area contributed by atoms with Crippen LogP contribution in [0.4, 0.5) is 4.39 Å². The second-order valence-electron chi connectivity index (χ2n) is 5.16. The zero-order valence-corrected chi connectivity index (χ0v) is 11.8. The number of hydrogen-bond donors (Lipinski definition) is 1. The largest absolute Gasteiger partial charge is 0.342 e. The average Bonchev–Trinajstić information content (AvgIpc) is 3.10. The van der Waals surface area contributed by atoms with Crippen molar-refractivity contribution in [2.24, 2.45) is 0 Å². The highest BCUT2D eigenvalue weighted by Gasteiger charge is 2.37. The quantitative estimate of drug-likeness (QED) is 0.940. The summed E-state index contributed by atoms with van der Waals surface area (Å²) in [4.78, 5) is 12.3. The molecule has 1 aliphatic rings. The number of hydrogen-bond acceptors (Lipinski definition) is 3. The maximum atomic E-state index is 13.1. The Morgan fingerprint density at radius 2 is 1.95 bits per heavy atom. The fraction of sp³-hybridized carbons (Fsp3) is 0.333. The third kappa shape index (κ3) is 2.45. The Morgan fingerprint density at radius 1 is 1.25 bits per heavy atom. The highest BCUT2D eigenvalue weighted by Crippen LogP contribution is 2.39. The van der Waals surface area contributed by atoms with E-state index in [4.69, 9.17) is 0 Å². The van der Waals surface area contributed by atoms with Crippen LogP contribution in [0.3, 0.4) is 0 Å². The molecule has 1 saturated carbocycles. The molecule has 0 aliphatic heterocycles. The molecule has 0 bridgehead atoms. The summed E-state index contributed by atoms with van der Waals surface area (Å²) in [5.74, 6) is -0.361. The van der Waals surface area contributed by atoms with Gasteiger partial charge < -0.3 is 5.32 Å². The van der Waals surface area contributed by atoms with Gasteiger partial charge in [-0.3, -0.25) is 4.79 Å². The molecule has 2 aromatic rings. The minimum atomic E-state index is -0.368.